The molecule has 0 spiro atoms. The van der Waals surface area contributed by atoms with Gasteiger partial charge in [0, 0.05) is 0 Å². The van der Waals surface area contributed by atoms with Crippen LogP contribution in [0.1, 0.15) is 43.9 Å². The zero-order valence-corrected chi connectivity index (χ0v) is 23.2. The molecule has 3 aromatic carbocycles. The Labute approximate surface area is 237 Å². The van der Waals surface area contributed by atoms with Crippen LogP contribution in [0.3, 0.4) is 0 Å². The third-order valence-corrected chi connectivity index (χ3v) is 7.55. The van der Waals surface area contributed by atoms with Gasteiger partial charge >= 0.3 is 0 Å². The van der Waals surface area contributed by atoms with E-state index in [1.807, 2.05) is 79.7 Å². The van der Waals surface area contributed by atoms with E-state index in [0.717, 1.165) is 23.1 Å². The van der Waals surface area contributed by atoms with Crippen LogP contribution in [0.5, 0.6) is 11.5 Å². The Morgan fingerprint density at radius 1 is 1.02 bits per heavy atom. The summed E-state index contributed by atoms with van der Waals surface area (Å²) in [6, 6.07) is 21.3. The average Bonchev–Trinajstić information content (AvgIpc) is 3.50. The highest BCUT2D eigenvalue weighted by Gasteiger charge is 2.45. The van der Waals surface area contributed by atoms with Gasteiger partial charge in [-0.2, -0.15) is 0 Å². The Morgan fingerprint density at radius 2 is 1.77 bits per heavy atom. The number of ether oxygens (including phenoxy) is 2. The smallest absolute Gasteiger partial charge is 0.296 e. The minimum atomic E-state index is -0.864. The fraction of sp³-hybridized carbons (Fsp3) is 0.219. The fourth-order valence-corrected chi connectivity index (χ4v) is 5.55. The Hall–Kier alpha value is -4.43. The minimum Gasteiger partial charge on any atom is -0.503 e. The third-order valence-electron chi connectivity index (χ3n) is 6.53. The van der Waals surface area contributed by atoms with E-state index in [1.54, 1.807) is 6.08 Å². The number of amides is 1. The van der Waals surface area contributed by atoms with Gasteiger partial charge in [0.15, 0.2) is 16.7 Å². The number of nitrogens with zero attached hydrogens (tertiary/aromatic N) is 2. The van der Waals surface area contributed by atoms with Gasteiger partial charge in [0.05, 0.1) is 35.0 Å². The van der Waals surface area contributed by atoms with Crippen molar-refractivity contribution in [3.63, 3.8) is 0 Å². The van der Waals surface area contributed by atoms with Crippen molar-refractivity contribution in [2.75, 3.05) is 18.1 Å². The lowest BCUT2D eigenvalue weighted by molar-refractivity contribution is -0.117. The minimum absolute atomic E-state index is 0.00564. The number of hydrogen-bond donors (Lipinski definition) is 1. The van der Waals surface area contributed by atoms with Gasteiger partial charge in [-0.25, -0.2) is 4.98 Å². The van der Waals surface area contributed by atoms with Crippen molar-refractivity contribution in [1.29, 1.82) is 0 Å². The van der Waals surface area contributed by atoms with Crippen LogP contribution in [0.15, 0.2) is 90.2 Å². The molecule has 1 aliphatic heterocycles. The van der Waals surface area contributed by atoms with Crippen molar-refractivity contribution in [3.05, 3.63) is 101 Å². The second-order valence-electron chi connectivity index (χ2n) is 9.28. The van der Waals surface area contributed by atoms with Gasteiger partial charge in [0.2, 0.25) is 0 Å². The summed E-state index contributed by atoms with van der Waals surface area (Å²) in [5.41, 5.74) is 2.19. The van der Waals surface area contributed by atoms with E-state index in [9.17, 15) is 14.7 Å². The molecule has 0 saturated heterocycles. The van der Waals surface area contributed by atoms with Crippen molar-refractivity contribution in [3.8, 4) is 11.5 Å². The molecule has 0 bridgehead atoms. The lowest BCUT2D eigenvalue weighted by Crippen LogP contribution is -2.30. The van der Waals surface area contributed by atoms with Crippen molar-refractivity contribution < 1.29 is 24.2 Å². The first-order chi connectivity index (χ1) is 19.5. The number of anilines is 1. The maximum Gasteiger partial charge on any atom is 0.296 e. The number of aromatic nitrogens is 1. The third kappa shape index (κ3) is 5.62. The number of ketones is 1. The van der Waals surface area contributed by atoms with Gasteiger partial charge in [-0.15, -0.1) is 0 Å². The van der Waals surface area contributed by atoms with E-state index in [2.05, 4.69) is 11.9 Å². The summed E-state index contributed by atoms with van der Waals surface area (Å²) in [4.78, 5) is 33.1. The van der Waals surface area contributed by atoms with Crippen LogP contribution in [0, 0.1) is 0 Å². The molecule has 0 saturated carbocycles. The molecule has 40 heavy (non-hydrogen) atoms. The normalized spacial score (nSPS) is 15.4. The van der Waals surface area contributed by atoms with E-state index in [4.69, 9.17) is 9.47 Å². The van der Waals surface area contributed by atoms with E-state index in [0.29, 0.717) is 40.9 Å². The number of thiazole rings is 1. The second-order valence-corrected chi connectivity index (χ2v) is 10.3. The summed E-state index contributed by atoms with van der Waals surface area (Å²) < 4.78 is 12.3. The van der Waals surface area contributed by atoms with Crippen LogP contribution < -0.4 is 14.4 Å². The lowest BCUT2D eigenvalue weighted by Gasteiger charge is -2.24. The number of unbranched alkanes of at least 4 members (excludes halogenated alkanes) is 1. The van der Waals surface area contributed by atoms with Gasteiger partial charge in [0.1, 0.15) is 11.5 Å². The molecule has 1 aliphatic rings. The monoisotopic (exact) mass is 554 g/mol. The van der Waals surface area contributed by atoms with Crippen LogP contribution in [0.25, 0.3) is 16.3 Å². The van der Waals surface area contributed by atoms with Crippen molar-refractivity contribution in [2.45, 2.75) is 32.7 Å². The Bertz CT molecular complexity index is 1570. The van der Waals surface area contributed by atoms with E-state index < -0.39 is 23.5 Å². The molecular formula is C32H30N2O5S. The summed E-state index contributed by atoms with van der Waals surface area (Å²) in [6.07, 6.45) is 5.03. The summed E-state index contributed by atoms with van der Waals surface area (Å²) in [5.74, 6) is -0.304. The molecule has 7 nitrogen and oxygen atoms in total. The van der Waals surface area contributed by atoms with E-state index in [1.165, 1.54) is 22.3 Å². The van der Waals surface area contributed by atoms with Gasteiger partial charge in [-0.3, -0.25) is 14.5 Å². The molecule has 204 valence electrons. The number of hydrogen-bond acceptors (Lipinski definition) is 7. The van der Waals surface area contributed by atoms with E-state index in [-0.39, 0.29) is 5.57 Å². The van der Waals surface area contributed by atoms with Crippen molar-refractivity contribution in [2.24, 2.45) is 0 Å². The number of benzene rings is 3. The SMILES string of the molecule is CCCCOc1ccc(C2C(C(=O)/C=C/c3ccccc3)=C(O)C(=O)N2c2nc3ccc(OCC)cc3s2)cc1. The second kappa shape index (κ2) is 12.2. The standard InChI is InChI=1S/C32H30N2O5S/c1-3-5-19-39-23-14-12-22(13-15-23)29-28(26(35)18-11-21-9-7-6-8-10-21)30(36)31(37)34(29)32-33-25-17-16-24(38-4-2)20-27(25)40-32/h6-18,20,29,36H,3-5,19H2,1-2H3/b18-11+. The Kier molecular flexibility index (Phi) is 8.26. The molecular weight excluding hydrogens is 524 g/mol. The predicted octanol–water partition coefficient (Wildman–Crippen LogP) is 7.06. The zero-order chi connectivity index (χ0) is 28.1. The fourth-order valence-electron chi connectivity index (χ4n) is 4.53. The van der Waals surface area contributed by atoms with Crippen molar-refractivity contribution in [1.82, 2.24) is 4.98 Å². The molecule has 4 aromatic rings. The molecule has 1 N–H and O–H groups in total. The molecule has 1 amide bonds. The first kappa shape index (κ1) is 27.1. The predicted molar refractivity (Wildman–Crippen MR) is 158 cm³/mol. The maximum absolute atomic E-state index is 13.5. The molecule has 0 fully saturated rings. The number of allylic oxidation sites excluding steroid dienone is 1. The number of aliphatic hydroxyl groups excluding tert-OH is 1. The molecule has 1 unspecified atom stereocenters. The topological polar surface area (TPSA) is 89.0 Å². The summed E-state index contributed by atoms with van der Waals surface area (Å²) in [7, 11) is 0. The Balaban J connectivity index is 1.54. The summed E-state index contributed by atoms with van der Waals surface area (Å²) in [5, 5.41) is 11.4. The average molecular weight is 555 g/mol. The summed E-state index contributed by atoms with van der Waals surface area (Å²) in [6.45, 7) is 5.15. The Morgan fingerprint density at radius 3 is 2.50 bits per heavy atom. The van der Waals surface area contributed by atoms with E-state index >= 15 is 0 Å². The molecule has 1 aromatic heterocycles. The van der Waals surface area contributed by atoms with Crippen molar-refractivity contribution >= 4 is 44.5 Å². The number of fused-ring (bicyclic) bond motifs is 1. The van der Waals surface area contributed by atoms with Gasteiger partial charge in [-0.1, -0.05) is 73.2 Å². The quantitative estimate of drug-likeness (QED) is 0.158. The van der Waals surface area contributed by atoms with Gasteiger partial charge in [0.25, 0.3) is 5.91 Å². The van der Waals surface area contributed by atoms with Crippen LogP contribution in [-0.4, -0.2) is 35.0 Å². The molecule has 8 heteroatoms. The number of aliphatic hydroxyl groups is 1. The molecule has 5 rings (SSSR count). The largest absolute Gasteiger partial charge is 0.503 e. The number of rotatable bonds is 11. The molecule has 0 radical (unpaired) electrons. The first-order valence-corrected chi connectivity index (χ1v) is 14.1. The summed E-state index contributed by atoms with van der Waals surface area (Å²) >= 11 is 1.30. The highest BCUT2D eigenvalue weighted by molar-refractivity contribution is 7.22. The molecule has 1 atom stereocenters. The van der Waals surface area contributed by atoms with Crippen LogP contribution in [0.4, 0.5) is 5.13 Å². The van der Waals surface area contributed by atoms with Gasteiger partial charge < -0.3 is 14.6 Å². The number of carbonyl (C=O) groups excluding carboxylic acids is 2. The zero-order valence-electron chi connectivity index (χ0n) is 22.4. The first-order valence-electron chi connectivity index (χ1n) is 13.3. The highest BCUT2D eigenvalue weighted by atomic mass is 32.1. The van der Waals surface area contributed by atoms with Crippen LogP contribution in [-0.2, 0) is 9.59 Å². The number of carbonyl (C=O) groups is 2. The molecule has 0 aliphatic carbocycles. The lowest BCUT2D eigenvalue weighted by atomic mass is 9.95. The highest BCUT2D eigenvalue weighted by Crippen LogP contribution is 2.44. The maximum atomic E-state index is 13.5. The molecule has 2 heterocycles. The van der Waals surface area contributed by atoms with Gasteiger partial charge in [-0.05, 0) is 60.9 Å². The van der Waals surface area contributed by atoms with Crippen LogP contribution in [0.2, 0.25) is 0 Å². The van der Waals surface area contributed by atoms with Crippen LogP contribution >= 0.6 is 11.3 Å².